The summed E-state index contributed by atoms with van der Waals surface area (Å²) in [4.78, 5) is 12.8. The van der Waals surface area contributed by atoms with E-state index in [2.05, 4.69) is 10.4 Å². The summed E-state index contributed by atoms with van der Waals surface area (Å²) in [5, 5.41) is 7.54. The molecule has 1 N–H and O–H groups in total. The fourth-order valence-corrected chi connectivity index (χ4v) is 3.40. The van der Waals surface area contributed by atoms with Crippen LogP contribution in [0.5, 0.6) is 0 Å². The van der Waals surface area contributed by atoms with Gasteiger partial charge in [0.15, 0.2) is 5.82 Å². The minimum atomic E-state index is -0.323. The number of aromatic nitrogens is 2. The second-order valence-corrected chi connectivity index (χ2v) is 6.28. The number of para-hydroxylation sites is 1. The van der Waals surface area contributed by atoms with Gasteiger partial charge in [0.05, 0.1) is 10.6 Å². The van der Waals surface area contributed by atoms with Crippen molar-refractivity contribution in [3.63, 3.8) is 0 Å². The lowest BCUT2D eigenvalue weighted by atomic mass is 10.2. The second-order valence-electron chi connectivity index (χ2n) is 5.20. The summed E-state index contributed by atoms with van der Waals surface area (Å²) in [6, 6.07) is 17.7. The molecule has 0 spiro atoms. The Balaban J connectivity index is 1.57. The van der Waals surface area contributed by atoms with Gasteiger partial charge in [0.1, 0.15) is 5.82 Å². The fourth-order valence-electron chi connectivity index (χ4n) is 2.43. The van der Waals surface area contributed by atoms with Crippen LogP contribution in [0.3, 0.4) is 0 Å². The minimum absolute atomic E-state index is 0.297. The first kappa shape index (κ1) is 14.6. The molecule has 0 saturated heterocycles. The number of amides is 1. The number of fused-ring (bicyclic) bond motifs is 1. The van der Waals surface area contributed by atoms with E-state index in [0.717, 1.165) is 10.4 Å². The van der Waals surface area contributed by atoms with Crippen LogP contribution >= 0.6 is 11.3 Å². The lowest BCUT2D eigenvalue weighted by Gasteiger charge is -2.01. The minimum Gasteiger partial charge on any atom is -0.304 e. The highest BCUT2D eigenvalue weighted by molar-refractivity contribution is 7.20. The molecule has 0 saturated carbocycles. The van der Waals surface area contributed by atoms with Gasteiger partial charge < -0.3 is 5.32 Å². The zero-order valence-electron chi connectivity index (χ0n) is 12.4. The Morgan fingerprint density at radius 1 is 1.08 bits per heavy atom. The van der Waals surface area contributed by atoms with Crippen molar-refractivity contribution in [2.75, 3.05) is 5.32 Å². The van der Waals surface area contributed by atoms with E-state index < -0.39 is 0 Å². The summed E-state index contributed by atoms with van der Waals surface area (Å²) < 4.78 is 16.2. The van der Waals surface area contributed by atoms with Crippen molar-refractivity contribution in [3.8, 4) is 5.69 Å². The van der Waals surface area contributed by atoms with Crippen LogP contribution in [0.25, 0.3) is 15.8 Å². The molecule has 24 heavy (non-hydrogen) atoms. The Hall–Kier alpha value is -2.99. The first-order valence-electron chi connectivity index (χ1n) is 7.31. The molecule has 0 fully saturated rings. The molecule has 0 bridgehead atoms. The lowest BCUT2D eigenvalue weighted by Crippen LogP contribution is -2.10. The van der Waals surface area contributed by atoms with Crippen molar-refractivity contribution in [1.29, 1.82) is 0 Å². The van der Waals surface area contributed by atoms with Gasteiger partial charge in [-0.2, -0.15) is 5.10 Å². The number of hydrogen-bond acceptors (Lipinski definition) is 3. The smallest absolute Gasteiger partial charge is 0.266 e. The Bertz CT molecular complexity index is 1020. The van der Waals surface area contributed by atoms with Crippen LogP contribution in [0.2, 0.25) is 0 Å². The van der Waals surface area contributed by atoms with Crippen molar-refractivity contribution in [1.82, 2.24) is 9.78 Å². The molecule has 4 nitrogen and oxygen atoms in total. The monoisotopic (exact) mass is 337 g/mol. The second kappa shape index (κ2) is 5.90. The molecule has 0 atom stereocenters. The van der Waals surface area contributed by atoms with E-state index >= 15 is 0 Å². The first-order valence-corrected chi connectivity index (χ1v) is 8.13. The zero-order valence-corrected chi connectivity index (χ0v) is 13.3. The van der Waals surface area contributed by atoms with Crippen LogP contribution in [-0.4, -0.2) is 15.7 Å². The first-order chi connectivity index (χ1) is 11.7. The fraction of sp³-hybridized carbons (Fsp3) is 0. The van der Waals surface area contributed by atoms with Crippen molar-refractivity contribution in [2.45, 2.75) is 0 Å². The summed E-state index contributed by atoms with van der Waals surface area (Å²) in [5.74, 6) is -0.174. The molecule has 2 aromatic heterocycles. The van der Waals surface area contributed by atoms with Crippen LogP contribution in [0.15, 0.2) is 66.9 Å². The summed E-state index contributed by atoms with van der Waals surface area (Å²) in [6.45, 7) is 0. The van der Waals surface area contributed by atoms with E-state index in [1.807, 2.05) is 30.3 Å². The Morgan fingerprint density at radius 3 is 2.71 bits per heavy atom. The van der Waals surface area contributed by atoms with E-state index in [1.165, 1.54) is 17.4 Å². The number of carbonyl (C=O) groups excluding carboxylic acids is 1. The SMILES string of the molecule is O=C(Nc1ccn(-c2ccccc2)n1)c1cc2c(F)cccc2s1. The predicted octanol–water partition coefficient (Wildman–Crippen LogP) is 4.48. The largest absolute Gasteiger partial charge is 0.304 e. The summed E-state index contributed by atoms with van der Waals surface area (Å²) in [6.07, 6.45) is 1.77. The van der Waals surface area contributed by atoms with Crippen LogP contribution in [0.4, 0.5) is 10.2 Å². The molecule has 0 radical (unpaired) electrons. The Morgan fingerprint density at radius 2 is 1.92 bits per heavy atom. The number of halogens is 1. The summed E-state index contributed by atoms with van der Waals surface area (Å²) >= 11 is 1.26. The van der Waals surface area contributed by atoms with E-state index in [4.69, 9.17) is 0 Å². The number of thiophene rings is 1. The number of nitrogens with zero attached hydrogens (tertiary/aromatic N) is 2. The van der Waals surface area contributed by atoms with Crippen molar-refractivity contribution in [2.24, 2.45) is 0 Å². The molecular formula is C18H12FN3OS. The summed E-state index contributed by atoms with van der Waals surface area (Å²) in [5.41, 5.74) is 0.905. The highest BCUT2D eigenvalue weighted by atomic mass is 32.1. The van der Waals surface area contributed by atoms with Gasteiger partial charge in [0, 0.05) is 22.3 Å². The molecule has 4 aromatic rings. The molecule has 1 amide bonds. The Labute approximate surface area is 141 Å². The molecule has 4 rings (SSSR count). The Kier molecular flexibility index (Phi) is 3.59. The molecule has 6 heteroatoms. The van der Waals surface area contributed by atoms with Crippen LogP contribution in [-0.2, 0) is 0 Å². The molecule has 2 aromatic carbocycles. The average molecular weight is 337 g/mol. The maximum atomic E-state index is 13.7. The van der Waals surface area contributed by atoms with Gasteiger partial charge in [-0.05, 0) is 30.3 Å². The number of rotatable bonds is 3. The quantitative estimate of drug-likeness (QED) is 0.599. The molecule has 2 heterocycles. The predicted molar refractivity (Wildman–Crippen MR) is 93.3 cm³/mol. The number of anilines is 1. The molecular weight excluding hydrogens is 325 g/mol. The van der Waals surface area contributed by atoms with Crippen molar-refractivity contribution >= 4 is 33.1 Å². The normalized spacial score (nSPS) is 10.9. The van der Waals surface area contributed by atoms with E-state index in [9.17, 15) is 9.18 Å². The molecule has 0 aliphatic carbocycles. The van der Waals surface area contributed by atoms with E-state index in [1.54, 1.807) is 35.1 Å². The summed E-state index contributed by atoms with van der Waals surface area (Å²) in [7, 11) is 0. The number of benzene rings is 2. The number of carbonyl (C=O) groups is 1. The van der Waals surface area contributed by atoms with Gasteiger partial charge >= 0.3 is 0 Å². The lowest BCUT2D eigenvalue weighted by molar-refractivity contribution is 0.103. The van der Waals surface area contributed by atoms with Gasteiger partial charge in [0.2, 0.25) is 0 Å². The maximum Gasteiger partial charge on any atom is 0.266 e. The van der Waals surface area contributed by atoms with Crippen molar-refractivity contribution in [3.05, 3.63) is 77.6 Å². The van der Waals surface area contributed by atoms with Gasteiger partial charge in [-0.15, -0.1) is 11.3 Å². The number of hydrogen-bond donors (Lipinski definition) is 1. The zero-order chi connectivity index (χ0) is 16.5. The number of nitrogens with one attached hydrogen (secondary N) is 1. The standard InChI is InChI=1S/C18H12FN3OS/c19-14-7-4-8-15-13(14)11-16(24-15)18(23)20-17-9-10-22(21-17)12-5-2-1-3-6-12/h1-11H,(H,20,21,23). The average Bonchev–Trinajstić information content (AvgIpc) is 3.23. The van der Waals surface area contributed by atoms with E-state index in [0.29, 0.717) is 16.1 Å². The molecule has 0 aliphatic rings. The van der Waals surface area contributed by atoms with Gasteiger partial charge in [-0.3, -0.25) is 4.79 Å². The third-order valence-electron chi connectivity index (χ3n) is 3.58. The van der Waals surface area contributed by atoms with Gasteiger partial charge in [-0.1, -0.05) is 24.3 Å². The van der Waals surface area contributed by atoms with Gasteiger partial charge in [-0.25, -0.2) is 9.07 Å². The van der Waals surface area contributed by atoms with Crippen LogP contribution in [0.1, 0.15) is 9.67 Å². The van der Waals surface area contributed by atoms with Crippen molar-refractivity contribution < 1.29 is 9.18 Å². The van der Waals surface area contributed by atoms with E-state index in [-0.39, 0.29) is 11.7 Å². The topological polar surface area (TPSA) is 46.9 Å². The van der Waals surface area contributed by atoms with Gasteiger partial charge in [0.25, 0.3) is 5.91 Å². The molecule has 0 unspecified atom stereocenters. The molecule has 118 valence electrons. The third-order valence-corrected chi connectivity index (χ3v) is 4.68. The highest BCUT2D eigenvalue weighted by Gasteiger charge is 2.13. The molecule has 0 aliphatic heterocycles. The highest BCUT2D eigenvalue weighted by Crippen LogP contribution is 2.28. The van der Waals surface area contributed by atoms with Crippen LogP contribution < -0.4 is 5.32 Å². The third kappa shape index (κ3) is 2.68. The maximum absolute atomic E-state index is 13.7. The van der Waals surface area contributed by atoms with Crippen LogP contribution in [0, 0.1) is 5.82 Å².